The Morgan fingerprint density at radius 1 is 0.500 bits per heavy atom. The predicted molar refractivity (Wildman–Crippen MR) is 297 cm³/mol. The van der Waals surface area contributed by atoms with Crippen LogP contribution in [-0.4, -0.2) is 5.78 Å². The first-order valence-corrected chi connectivity index (χ1v) is 26.5. The summed E-state index contributed by atoms with van der Waals surface area (Å²) in [6.45, 7) is 1.43. The number of nitrogen functional groups attached to an aromatic ring is 2. The number of anilines is 5. The zero-order valence-electron chi connectivity index (χ0n) is 36.3. The number of carbonyl (C=O) groups is 1. The third-order valence-corrected chi connectivity index (χ3v) is 19.2. The van der Waals surface area contributed by atoms with E-state index in [-0.39, 0.29) is 11.4 Å². The van der Waals surface area contributed by atoms with Gasteiger partial charge in [-0.05, 0) is 109 Å². The molecule has 0 saturated heterocycles. The van der Waals surface area contributed by atoms with Crippen molar-refractivity contribution in [3.05, 3.63) is 192 Å². The van der Waals surface area contributed by atoms with Gasteiger partial charge in [0.15, 0.2) is 5.78 Å². The van der Waals surface area contributed by atoms with E-state index in [1.165, 1.54) is 67.2 Å². The quantitative estimate of drug-likeness (QED) is 0.0722. The fourth-order valence-electron chi connectivity index (χ4n) is 8.34. The minimum Gasteiger partial charge on any atom is -0.398 e. The second-order valence-corrected chi connectivity index (χ2v) is 22.3. The molecular formula is C57H38N4OS6. The third kappa shape index (κ3) is 8.22. The molecule has 6 heterocycles. The summed E-state index contributed by atoms with van der Waals surface area (Å²) in [5.74, 6) is -0.233. The van der Waals surface area contributed by atoms with Crippen LogP contribution in [0, 0.1) is 11.3 Å². The van der Waals surface area contributed by atoms with Crippen LogP contribution >= 0.6 is 68.0 Å². The third-order valence-electron chi connectivity index (χ3n) is 11.5. The summed E-state index contributed by atoms with van der Waals surface area (Å²) in [6, 6.07) is 65.3. The maximum Gasteiger partial charge on any atom is 0.170 e. The van der Waals surface area contributed by atoms with Crippen molar-refractivity contribution in [3.63, 3.8) is 0 Å². The molecule has 0 saturated carbocycles. The van der Waals surface area contributed by atoms with E-state index in [1.807, 2.05) is 88.6 Å². The highest BCUT2D eigenvalue weighted by Crippen LogP contribution is 2.57. The van der Waals surface area contributed by atoms with Crippen LogP contribution in [0.2, 0.25) is 0 Å². The summed E-state index contributed by atoms with van der Waals surface area (Å²) in [7, 11) is 0. The molecule has 11 rings (SSSR count). The number of benzene rings is 5. The molecule has 0 atom stereocenters. The monoisotopic (exact) mass is 986 g/mol. The van der Waals surface area contributed by atoms with Gasteiger partial charge in [0, 0.05) is 72.8 Å². The highest BCUT2D eigenvalue weighted by molar-refractivity contribution is 7.36. The predicted octanol–water partition coefficient (Wildman–Crippen LogP) is 18.0. The van der Waals surface area contributed by atoms with Crippen LogP contribution in [0.5, 0.6) is 0 Å². The SMILES string of the molecule is CC(=O)/C(C#N)=C/c1ccc(-c2sc3c(-c4ccccc4)c(-c4ccc(-c5ccc(-c6ccc(-c7cc(N)c(N(c8ccccc8)c8ccccc8)cc7N)s6)s5)s4)sc3c2-c2ccccc2)s1. The van der Waals surface area contributed by atoms with E-state index in [0.717, 1.165) is 42.8 Å². The molecule has 0 unspecified atom stereocenters. The summed E-state index contributed by atoms with van der Waals surface area (Å²) >= 11 is 10.6. The van der Waals surface area contributed by atoms with Crippen molar-refractivity contribution in [1.29, 1.82) is 5.26 Å². The number of Topliss-reactive ketones (excluding diaryl/α,β-unsaturated/α-hetero) is 1. The molecule has 0 amide bonds. The largest absolute Gasteiger partial charge is 0.398 e. The lowest BCUT2D eigenvalue weighted by atomic mass is 10.0. The number of thiophene rings is 6. The van der Waals surface area contributed by atoms with Gasteiger partial charge in [0.2, 0.25) is 0 Å². The molecule has 11 heteroatoms. The number of ketones is 1. The molecule has 0 radical (unpaired) electrons. The molecule has 0 aliphatic carbocycles. The Kier molecular flexibility index (Phi) is 11.8. The summed E-state index contributed by atoms with van der Waals surface area (Å²) in [4.78, 5) is 25.8. The van der Waals surface area contributed by atoms with Gasteiger partial charge in [0.1, 0.15) is 6.07 Å². The van der Waals surface area contributed by atoms with E-state index >= 15 is 0 Å². The van der Waals surface area contributed by atoms with Crippen LogP contribution in [0.1, 0.15) is 11.8 Å². The minimum atomic E-state index is -0.233. The van der Waals surface area contributed by atoms with Crippen molar-refractivity contribution in [3.8, 4) is 77.8 Å². The molecule has 11 aromatic rings. The van der Waals surface area contributed by atoms with Gasteiger partial charge in [-0.15, -0.1) is 68.0 Å². The van der Waals surface area contributed by atoms with Crippen LogP contribution in [0.25, 0.3) is 87.2 Å². The zero-order chi connectivity index (χ0) is 46.3. The Labute approximate surface area is 418 Å². The normalized spacial score (nSPS) is 11.6. The summed E-state index contributed by atoms with van der Waals surface area (Å²) in [5, 5.41) is 9.60. The molecule has 0 bridgehead atoms. The van der Waals surface area contributed by atoms with Gasteiger partial charge in [-0.3, -0.25) is 4.79 Å². The molecule has 0 spiro atoms. The van der Waals surface area contributed by atoms with Crippen LogP contribution < -0.4 is 16.4 Å². The fourth-order valence-corrected chi connectivity index (χ4v) is 15.7. The van der Waals surface area contributed by atoms with E-state index in [9.17, 15) is 10.1 Å². The first kappa shape index (κ1) is 43.4. The average Bonchev–Trinajstić information content (AvgIpc) is 4.24. The molecule has 328 valence electrons. The van der Waals surface area contributed by atoms with Crippen LogP contribution in [0.4, 0.5) is 28.4 Å². The van der Waals surface area contributed by atoms with Crippen molar-refractivity contribution in [2.45, 2.75) is 6.92 Å². The standard InChI is InChI=1S/C57H38N4OS6/c1-34(62)37(33-58)30-40-22-23-50(63-40)54-52(35-14-6-2-7-15-35)56-57(67-54)53(36-16-8-3-9-17-36)55(68-56)51-29-28-49(66-51)48-27-26-47(65-48)46-25-24-45(64-46)41-31-43(60)44(32-42(41)59)61(38-18-10-4-11-19-38)39-20-12-5-13-21-39/h2-32H,59-60H2,1H3/b37-30+. The second-order valence-electron chi connectivity index (χ2n) is 15.9. The van der Waals surface area contributed by atoms with E-state index in [4.69, 9.17) is 11.5 Å². The van der Waals surface area contributed by atoms with E-state index in [2.05, 4.69) is 138 Å². The average molecular weight is 987 g/mol. The highest BCUT2D eigenvalue weighted by Gasteiger charge is 2.26. The molecular weight excluding hydrogens is 949 g/mol. The number of nitrogens with two attached hydrogens (primary N) is 2. The molecule has 5 nitrogen and oxygen atoms in total. The lowest BCUT2D eigenvalue weighted by molar-refractivity contribution is -0.113. The Bertz CT molecular complexity index is 3660. The molecule has 0 aliphatic rings. The Balaban J connectivity index is 0.927. The number of hydrogen-bond acceptors (Lipinski definition) is 11. The van der Waals surface area contributed by atoms with Gasteiger partial charge in [0.25, 0.3) is 0 Å². The number of para-hydroxylation sites is 2. The fraction of sp³-hybridized carbons (Fsp3) is 0.0175. The van der Waals surface area contributed by atoms with Gasteiger partial charge >= 0.3 is 0 Å². The molecule has 0 fully saturated rings. The Morgan fingerprint density at radius 2 is 0.926 bits per heavy atom. The van der Waals surface area contributed by atoms with E-state index < -0.39 is 0 Å². The van der Waals surface area contributed by atoms with Crippen LogP contribution in [0.15, 0.2) is 188 Å². The van der Waals surface area contributed by atoms with Gasteiger partial charge < -0.3 is 16.4 Å². The lowest BCUT2D eigenvalue weighted by Gasteiger charge is -2.27. The van der Waals surface area contributed by atoms with Crippen molar-refractivity contribution >= 4 is 118 Å². The number of rotatable bonds is 12. The maximum absolute atomic E-state index is 12.1. The first-order chi connectivity index (χ1) is 33.3. The van der Waals surface area contributed by atoms with Crippen molar-refractivity contribution in [1.82, 2.24) is 0 Å². The highest BCUT2D eigenvalue weighted by atomic mass is 32.1. The molecule has 5 aromatic carbocycles. The van der Waals surface area contributed by atoms with E-state index in [1.54, 1.807) is 40.1 Å². The Hall–Kier alpha value is -7.14. The number of carbonyl (C=O) groups excluding carboxylic acids is 1. The van der Waals surface area contributed by atoms with Crippen molar-refractivity contribution in [2.24, 2.45) is 0 Å². The van der Waals surface area contributed by atoms with E-state index in [0.29, 0.717) is 11.4 Å². The number of fused-ring (bicyclic) bond motifs is 1. The van der Waals surface area contributed by atoms with Gasteiger partial charge in [0.05, 0.1) is 36.1 Å². The second kappa shape index (κ2) is 18.5. The number of allylic oxidation sites excluding steroid dienone is 1. The van der Waals surface area contributed by atoms with Gasteiger partial charge in [-0.2, -0.15) is 5.26 Å². The maximum atomic E-state index is 12.1. The van der Waals surface area contributed by atoms with Crippen molar-refractivity contribution < 1.29 is 4.79 Å². The topological polar surface area (TPSA) is 96.1 Å². The smallest absolute Gasteiger partial charge is 0.170 e. The number of nitriles is 1. The molecule has 68 heavy (non-hydrogen) atoms. The molecule has 4 N–H and O–H groups in total. The van der Waals surface area contributed by atoms with Crippen molar-refractivity contribution in [2.75, 3.05) is 16.4 Å². The van der Waals surface area contributed by atoms with Gasteiger partial charge in [-0.25, -0.2) is 0 Å². The first-order valence-electron chi connectivity index (χ1n) is 21.6. The Morgan fingerprint density at radius 3 is 1.43 bits per heavy atom. The summed E-state index contributed by atoms with van der Waals surface area (Å²) in [6.07, 6.45) is 1.70. The zero-order valence-corrected chi connectivity index (χ0v) is 41.2. The lowest BCUT2D eigenvalue weighted by Crippen LogP contribution is -2.12. The molecule has 6 aromatic heterocycles. The number of nitrogens with zero attached hydrogens (tertiary/aromatic N) is 2. The molecule has 0 aliphatic heterocycles. The summed E-state index contributed by atoms with van der Waals surface area (Å²) in [5.41, 5.74) is 23.8. The number of hydrogen-bond donors (Lipinski definition) is 2. The van der Waals surface area contributed by atoms with Crippen LogP contribution in [-0.2, 0) is 4.79 Å². The van der Waals surface area contributed by atoms with Crippen LogP contribution in [0.3, 0.4) is 0 Å². The van der Waals surface area contributed by atoms with Gasteiger partial charge in [-0.1, -0.05) is 97.1 Å². The summed E-state index contributed by atoms with van der Waals surface area (Å²) < 4.78 is 2.50. The minimum absolute atomic E-state index is 0.157.